The average Bonchev–Trinajstić information content (AvgIpc) is 2.97. The van der Waals surface area contributed by atoms with Gasteiger partial charge in [-0.3, -0.25) is 0 Å². The summed E-state index contributed by atoms with van der Waals surface area (Å²) in [6, 6.07) is 10.2. The second-order valence-electron chi connectivity index (χ2n) is 6.98. The Balaban J connectivity index is 2.27. The van der Waals surface area contributed by atoms with E-state index in [4.69, 9.17) is 4.98 Å². The smallest absolute Gasteiger partial charge is 0.126 e. The van der Waals surface area contributed by atoms with Gasteiger partial charge in [-0.15, -0.1) is 0 Å². The molecule has 2 aromatic carbocycles. The minimum Gasteiger partial charge on any atom is -0.325 e. The molecular formula is C22H27FN2. The van der Waals surface area contributed by atoms with Crippen LogP contribution in [0.15, 0.2) is 30.3 Å². The molecule has 0 fully saturated rings. The average molecular weight is 338 g/mol. The zero-order valence-electron chi connectivity index (χ0n) is 15.9. The number of halogens is 1. The van der Waals surface area contributed by atoms with Gasteiger partial charge in [-0.05, 0) is 56.0 Å². The molecule has 0 saturated carbocycles. The van der Waals surface area contributed by atoms with Crippen molar-refractivity contribution in [2.75, 3.05) is 0 Å². The van der Waals surface area contributed by atoms with Crippen LogP contribution in [0.3, 0.4) is 0 Å². The number of aromatic nitrogens is 2. The van der Waals surface area contributed by atoms with Crippen molar-refractivity contribution in [2.24, 2.45) is 0 Å². The first-order chi connectivity index (χ1) is 12.0. The highest BCUT2D eigenvalue weighted by atomic mass is 19.1. The quantitative estimate of drug-likeness (QED) is 0.527. The Morgan fingerprint density at radius 2 is 1.84 bits per heavy atom. The van der Waals surface area contributed by atoms with Gasteiger partial charge < -0.3 is 4.57 Å². The minimum absolute atomic E-state index is 0.160. The molecule has 0 N–H and O–H groups in total. The van der Waals surface area contributed by atoms with Gasteiger partial charge in [0.05, 0.1) is 11.0 Å². The number of imidazole rings is 1. The lowest BCUT2D eigenvalue weighted by Gasteiger charge is -2.16. The van der Waals surface area contributed by atoms with E-state index in [1.807, 2.05) is 19.9 Å². The molecule has 0 saturated heterocycles. The Bertz CT molecular complexity index is 908. The van der Waals surface area contributed by atoms with Crippen molar-refractivity contribution < 1.29 is 4.39 Å². The molecule has 0 aliphatic carbocycles. The monoisotopic (exact) mass is 338 g/mol. The van der Waals surface area contributed by atoms with Crippen molar-refractivity contribution in [3.05, 3.63) is 53.1 Å². The van der Waals surface area contributed by atoms with Gasteiger partial charge in [0.2, 0.25) is 0 Å². The molecule has 2 nitrogen and oxygen atoms in total. The molecule has 25 heavy (non-hydrogen) atoms. The van der Waals surface area contributed by atoms with E-state index in [1.165, 1.54) is 0 Å². The third-order valence-corrected chi connectivity index (χ3v) is 5.05. The molecule has 3 rings (SSSR count). The van der Waals surface area contributed by atoms with E-state index in [2.05, 4.69) is 43.5 Å². The lowest BCUT2D eigenvalue weighted by molar-refractivity contribution is 0.496. The van der Waals surface area contributed by atoms with Gasteiger partial charge in [-0.25, -0.2) is 9.37 Å². The van der Waals surface area contributed by atoms with Gasteiger partial charge in [-0.2, -0.15) is 0 Å². The number of nitrogens with zero attached hydrogens (tertiary/aromatic N) is 2. The highest BCUT2D eigenvalue weighted by Gasteiger charge is 2.18. The number of fused-ring (bicyclic) bond motifs is 1. The number of hydrogen-bond acceptors (Lipinski definition) is 1. The lowest BCUT2D eigenvalue weighted by atomic mass is 9.97. The van der Waals surface area contributed by atoms with E-state index in [-0.39, 0.29) is 5.82 Å². The maximum absolute atomic E-state index is 14.2. The molecule has 0 amide bonds. The zero-order valence-corrected chi connectivity index (χ0v) is 15.9. The van der Waals surface area contributed by atoms with Gasteiger partial charge >= 0.3 is 0 Å². The molecule has 1 unspecified atom stereocenters. The Labute approximate surface area is 149 Å². The zero-order chi connectivity index (χ0) is 18.1. The van der Waals surface area contributed by atoms with Gasteiger partial charge in [0.1, 0.15) is 11.6 Å². The van der Waals surface area contributed by atoms with Gasteiger partial charge in [0.25, 0.3) is 0 Å². The fraction of sp³-hybridized carbons (Fsp3) is 0.409. The number of hydrogen-bond donors (Lipinski definition) is 0. The molecule has 0 radical (unpaired) electrons. The van der Waals surface area contributed by atoms with E-state index in [0.717, 1.165) is 52.8 Å². The third-order valence-electron chi connectivity index (χ3n) is 5.05. The number of para-hydroxylation sites is 1. The molecule has 1 aromatic heterocycles. The van der Waals surface area contributed by atoms with E-state index in [9.17, 15) is 4.39 Å². The van der Waals surface area contributed by atoms with Crippen LogP contribution in [-0.4, -0.2) is 9.55 Å². The van der Waals surface area contributed by atoms with Crippen molar-refractivity contribution in [3.63, 3.8) is 0 Å². The Hall–Kier alpha value is -2.16. The van der Waals surface area contributed by atoms with Crippen molar-refractivity contribution in [2.45, 2.75) is 59.9 Å². The maximum Gasteiger partial charge on any atom is 0.126 e. The molecule has 3 heteroatoms. The first-order valence-electron chi connectivity index (χ1n) is 9.24. The Kier molecular flexibility index (Phi) is 4.94. The minimum atomic E-state index is -0.160. The summed E-state index contributed by atoms with van der Waals surface area (Å²) in [6.45, 7) is 10.5. The topological polar surface area (TPSA) is 17.8 Å². The normalized spacial score (nSPS) is 12.7. The van der Waals surface area contributed by atoms with Crippen molar-refractivity contribution >= 4 is 11.0 Å². The van der Waals surface area contributed by atoms with Crippen molar-refractivity contribution in [1.82, 2.24) is 9.55 Å². The molecule has 0 bridgehead atoms. The molecule has 3 aromatic rings. The van der Waals surface area contributed by atoms with Crippen LogP contribution in [0, 0.1) is 19.7 Å². The molecule has 132 valence electrons. The first-order valence-corrected chi connectivity index (χ1v) is 9.24. The van der Waals surface area contributed by atoms with Crippen LogP contribution < -0.4 is 0 Å². The van der Waals surface area contributed by atoms with Gasteiger partial charge in [0, 0.05) is 18.0 Å². The molecule has 1 heterocycles. The Morgan fingerprint density at radius 3 is 2.52 bits per heavy atom. The van der Waals surface area contributed by atoms with E-state index in [0.29, 0.717) is 11.6 Å². The molecule has 1 atom stereocenters. The van der Waals surface area contributed by atoms with Crippen LogP contribution in [0.4, 0.5) is 4.39 Å². The van der Waals surface area contributed by atoms with Crippen LogP contribution in [0.1, 0.15) is 56.6 Å². The molecule has 0 aliphatic rings. The van der Waals surface area contributed by atoms with Gasteiger partial charge in [-0.1, -0.05) is 38.5 Å². The van der Waals surface area contributed by atoms with Gasteiger partial charge in [0.15, 0.2) is 0 Å². The Morgan fingerprint density at radius 1 is 1.08 bits per heavy atom. The van der Waals surface area contributed by atoms with E-state index in [1.54, 1.807) is 6.07 Å². The predicted molar refractivity (Wildman–Crippen MR) is 104 cm³/mol. The highest BCUT2D eigenvalue weighted by Crippen LogP contribution is 2.34. The fourth-order valence-electron chi connectivity index (χ4n) is 3.79. The SMILES string of the molecule is CCCC(C)n1c(CC)nc2c(-c3cc(F)c(C)cc3C)cccc21. The summed E-state index contributed by atoms with van der Waals surface area (Å²) in [4.78, 5) is 4.94. The first kappa shape index (κ1) is 17.7. The summed E-state index contributed by atoms with van der Waals surface area (Å²) in [5, 5.41) is 0. The summed E-state index contributed by atoms with van der Waals surface area (Å²) in [5.74, 6) is 0.945. The summed E-state index contributed by atoms with van der Waals surface area (Å²) in [7, 11) is 0. The van der Waals surface area contributed by atoms with E-state index < -0.39 is 0 Å². The molecule has 0 aliphatic heterocycles. The lowest BCUT2D eigenvalue weighted by Crippen LogP contribution is -2.08. The van der Waals surface area contributed by atoms with Crippen LogP contribution in [0.5, 0.6) is 0 Å². The summed E-state index contributed by atoms with van der Waals surface area (Å²) in [6.07, 6.45) is 3.16. The van der Waals surface area contributed by atoms with Crippen molar-refractivity contribution in [3.8, 4) is 11.1 Å². The van der Waals surface area contributed by atoms with Crippen LogP contribution in [-0.2, 0) is 6.42 Å². The summed E-state index contributed by atoms with van der Waals surface area (Å²) < 4.78 is 16.6. The van der Waals surface area contributed by atoms with E-state index >= 15 is 0 Å². The summed E-state index contributed by atoms with van der Waals surface area (Å²) >= 11 is 0. The number of aryl methyl sites for hydroxylation is 3. The van der Waals surface area contributed by atoms with Crippen LogP contribution in [0.2, 0.25) is 0 Å². The maximum atomic E-state index is 14.2. The third kappa shape index (κ3) is 3.08. The molecule has 0 spiro atoms. The number of rotatable bonds is 5. The summed E-state index contributed by atoms with van der Waals surface area (Å²) in [5.41, 5.74) is 5.85. The van der Waals surface area contributed by atoms with Crippen molar-refractivity contribution in [1.29, 1.82) is 0 Å². The van der Waals surface area contributed by atoms with Crippen LogP contribution >= 0.6 is 0 Å². The highest BCUT2D eigenvalue weighted by molar-refractivity contribution is 5.93. The number of benzene rings is 2. The second kappa shape index (κ2) is 6.99. The largest absolute Gasteiger partial charge is 0.325 e. The molecular weight excluding hydrogens is 311 g/mol. The fourth-order valence-corrected chi connectivity index (χ4v) is 3.79. The van der Waals surface area contributed by atoms with Crippen LogP contribution in [0.25, 0.3) is 22.2 Å². The second-order valence-corrected chi connectivity index (χ2v) is 6.98. The standard InChI is InChI=1S/C22H27FN2/c1-6-9-16(5)25-20-11-8-10-17(22(20)24-21(25)7-2)18-13-19(23)15(4)12-14(18)3/h8,10-13,16H,6-7,9H2,1-5H3. The predicted octanol–water partition coefficient (Wildman–Crippen LogP) is 6.38.